The van der Waals surface area contributed by atoms with Crippen molar-refractivity contribution in [2.75, 3.05) is 26.7 Å². The molecule has 0 bridgehead atoms. The first kappa shape index (κ1) is 57.2. The third-order valence-electron chi connectivity index (χ3n) is 10.7. The van der Waals surface area contributed by atoms with Crippen LogP contribution in [0.15, 0.2) is 24.3 Å². The van der Waals surface area contributed by atoms with Crippen LogP contribution >= 0.6 is 0 Å². The summed E-state index contributed by atoms with van der Waals surface area (Å²) in [5, 5.41) is 40.5. The predicted octanol–water partition coefficient (Wildman–Crippen LogP) is -6.22. The smallest absolute Gasteiger partial charge is 0.246 e. The molecule has 0 aliphatic carbocycles. The molecule has 1 aliphatic rings. The van der Waals surface area contributed by atoms with Gasteiger partial charge >= 0.3 is 0 Å². The summed E-state index contributed by atoms with van der Waals surface area (Å²) in [5.41, 5.74) is 22.6. The van der Waals surface area contributed by atoms with Crippen LogP contribution in [0.5, 0.6) is 5.75 Å². The number of hydrogen-bond donors (Lipinski definition) is 14. The number of likely N-dealkylation sites (N-methyl/N-ethyl adjacent to an activating group) is 1. The van der Waals surface area contributed by atoms with Crippen LogP contribution in [0.1, 0.15) is 71.8 Å². The standard InChI is InChI=1S/C42H67N13O13/c1-6-21(4)35-41(67)50-25(11-12-30(44)57)38(64)52-28(16-31(45)58)39(65)53-29(42(68)55(5)19-34(61)49-26(13-20(2)3)37(63)48-18-32(46)59)17-47-33(60)15-24(43)36(62)51-27(40(66)54-35)14-22-7-9-23(56)10-8-22/h7-10,20-21,24-29,33,35,47,56,60H,6,11-19,43H2,1-5H3,(H2,44,57)(H2,45,58)(H2,46,59)(H,48,63)(H,49,61)(H,50,67)(H,51,62)(H,52,64)(H,53,65)(H,54,66)/t21-,24-,25-,26-,27-,28-,29-,33?,35-/m0/s1. The number of aliphatic hydroxyl groups excluding tert-OH is 1. The van der Waals surface area contributed by atoms with Crippen LogP contribution < -0.4 is 65.5 Å². The third-order valence-corrected chi connectivity index (χ3v) is 10.7. The van der Waals surface area contributed by atoms with E-state index in [0.29, 0.717) is 12.0 Å². The van der Waals surface area contributed by atoms with Gasteiger partial charge in [0.15, 0.2) is 0 Å². The lowest BCUT2D eigenvalue weighted by atomic mass is 9.96. The highest BCUT2D eigenvalue weighted by atomic mass is 16.3. The first-order chi connectivity index (χ1) is 31.8. The zero-order chi connectivity index (χ0) is 51.4. The molecular weight excluding hydrogens is 895 g/mol. The maximum atomic E-state index is 14.0. The first-order valence-corrected chi connectivity index (χ1v) is 21.9. The van der Waals surface area contributed by atoms with E-state index < -0.39 is 165 Å². The van der Waals surface area contributed by atoms with Crippen LogP contribution in [0.2, 0.25) is 0 Å². The Bertz CT molecular complexity index is 1990. The number of aliphatic hydroxyl groups is 1. The van der Waals surface area contributed by atoms with Gasteiger partial charge in [0, 0.05) is 32.9 Å². The van der Waals surface area contributed by atoms with E-state index in [9.17, 15) is 63.0 Å². The third kappa shape index (κ3) is 19.9. The van der Waals surface area contributed by atoms with Crippen LogP contribution in [-0.2, 0) is 59.2 Å². The molecule has 1 saturated heterocycles. The summed E-state index contributed by atoms with van der Waals surface area (Å²) in [4.78, 5) is 146. The molecule has 1 unspecified atom stereocenters. The Hall–Kier alpha value is -6.93. The van der Waals surface area contributed by atoms with Crippen LogP contribution in [0.3, 0.4) is 0 Å². The molecule has 1 heterocycles. The van der Waals surface area contributed by atoms with Crippen molar-refractivity contribution in [1.29, 1.82) is 0 Å². The number of nitrogens with one attached hydrogen (secondary N) is 8. The van der Waals surface area contributed by atoms with Gasteiger partial charge in [-0.2, -0.15) is 0 Å². The fraction of sp³-hybridized carbons (Fsp3) is 0.595. The number of phenolic OH excluding ortho intramolecular Hbond substituents is 1. The van der Waals surface area contributed by atoms with E-state index in [0.717, 1.165) is 4.90 Å². The van der Waals surface area contributed by atoms with Crippen LogP contribution in [0.25, 0.3) is 0 Å². The zero-order valence-corrected chi connectivity index (χ0v) is 38.8. The first-order valence-electron chi connectivity index (χ1n) is 21.9. The second kappa shape index (κ2) is 27.6. The molecule has 26 heteroatoms. The van der Waals surface area contributed by atoms with Gasteiger partial charge in [0.1, 0.15) is 48.2 Å². The average Bonchev–Trinajstić information content (AvgIpc) is 3.25. The minimum Gasteiger partial charge on any atom is -0.508 e. The Morgan fingerprint density at radius 2 is 1.38 bits per heavy atom. The van der Waals surface area contributed by atoms with Gasteiger partial charge in [-0.15, -0.1) is 0 Å². The fourth-order valence-corrected chi connectivity index (χ4v) is 6.77. The van der Waals surface area contributed by atoms with Crippen LogP contribution in [0, 0.1) is 11.8 Å². The second-order valence-corrected chi connectivity index (χ2v) is 17.1. The number of hydrogen-bond acceptors (Lipinski definition) is 15. The highest BCUT2D eigenvalue weighted by molar-refractivity contribution is 5.99. The topological polar surface area (TPSA) is 432 Å². The number of phenols is 1. The molecule has 0 spiro atoms. The Balaban J connectivity index is 2.63. The van der Waals surface area contributed by atoms with Crippen molar-refractivity contribution in [3.8, 4) is 5.75 Å². The monoisotopic (exact) mass is 961 g/mol. The molecule has 26 nitrogen and oxygen atoms in total. The van der Waals surface area contributed by atoms with Crippen LogP contribution in [0.4, 0.5) is 0 Å². The summed E-state index contributed by atoms with van der Waals surface area (Å²) in [5.74, 6) is -11.2. The molecule has 2 rings (SSSR count). The van der Waals surface area contributed by atoms with Gasteiger partial charge in [-0.05, 0) is 42.4 Å². The second-order valence-electron chi connectivity index (χ2n) is 17.1. The van der Waals surface area contributed by atoms with Gasteiger partial charge in [0.25, 0.3) is 0 Å². The van der Waals surface area contributed by atoms with Gasteiger partial charge in [-0.25, -0.2) is 0 Å². The van der Waals surface area contributed by atoms with E-state index in [1.807, 2.05) is 0 Å². The van der Waals surface area contributed by atoms with Gasteiger partial charge in [-0.1, -0.05) is 46.2 Å². The van der Waals surface area contributed by atoms with E-state index in [1.54, 1.807) is 27.7 Å². The predicted molar refractivity (Wildman–Crippen MR) is 241 cm³/mol. The number of nitrogens with two attached hydrogens (primary N) is 4. The molecule has 1 fully saturated rings. The van der Waals surface area contributed by atoms with Crippen molar-refractivity contribution in [2.45, 2.75) is 121 Å². The minimum absolute atomic E-state index is 0.0807. The maximum Gasteiger partial charge on any atom is 0.246 e. The quantitative estimate of drug-likeness (QED) is 0.0651. The van der Waals surface area contributed by atoms with E-state index in [4.69, 9.17) is 22.9 Å². The minimum atomic E-state index is -1.84. The molecule has 9 atom stereocenters. The summed E-state index contributed by atoms with van der Waals surface area (Å²) in [6.45, 7) is 5.00. The molecule has 11 amide bonds. The van der Waals surface area contributed by atoms with Crippen molar-refractivity contribution >= 4 is 65.0 Å². The number of rotatable bonds is 18. The number of primary amides is 3. The molecule has 1 aliphatic heterocycles. The highest BCUT2D eigenvalue weighted by Gasteiger charge is 2.36. The van der Waals surface area contributed by atoms with Crippen molar-refractivity contribution in [3.05, 3.63) is 29.8 Å². The summed E-state index contributed by atoms with van der Waals surface area (Å²) in [6, 6.07) is -4.98. The lowest BCUT2D eigenvalue weighted by molar-refractivity contribution is -0.140. The Morgan fingerprint density at radius 1 is 0.794 bits per heavy atom. The molecular formula is C42H67N13O13. The molecule has 0 saturated carbocycles. The SMILES string of the molecule is CC[C@H](C)[C@@H]1NC(=O)[C@H](Cc2ccc(O)cc2)NC(=O)[C@@H](N)CC(O)NC[C@@H](C(=O)N(C)CC(=O)N[C@@H](CC(C)C)C(=O)NCC(N)=O)NC(=O)[C@H](CC(N)=O)NC(=O)[C@H](CCC(N)=O)NC1=O. The van der Waals surface area contributed by atoms with Crippen LogP contribution in [-0.4, -0.2) is 155 Å². The summed E-state index contributed by atoms with van der Waals surface area (Å²) in [6.07, 6.45) is -3.75. The number of nitrogens with zero attached hydrogens (tertiary/aromatic N) is 1. The van der Waals surface area contributed by atoms with Crippen molar-refractivity contribution in [1.82, 2.24) is 47.4 Å². The van der Waals surface area contributed by atoms with Gasteiger partial charge in [-0.3, -0.25) is 58.1 Å². The summed E-state index contributed by atoms with van der Waals surface area (Å²) >= 11 is 0. The van der Waals surface area contributed by atoms with Gasteiger partial charge in [0.2, 0.25) is 65.0 Å². The lowest BCUT2D eigenvalue weighted by Crippen LogP contribution is -2.62. The molecule has 1 aromatic carbocycles. The maximum absolute atomic E-state index is 14.0. The highest BCUT2D eigenvalue weighted by Crippen LogP contribution is 2.15. The lowest BCUT2D eigenvalue weighted by Gasteiger charge is -2.30. The number of carbonyl (C=O) groups is 11. The molecule has 0 aromatic heterocycles. The van der Waals surface area contributed by atoms with Crippen molar-refractivity contribution in [3.63, 3.8) is 0 Å². The normalized spacial score (nSPS) is 23.2. The molecule has 68 heavy (non-hydrogen) atoms. The van der Waals surface area contributed by atoms with E-state index in [2.05, 4.69) is 42.5 Å². The average molecular weight is 962 g/mol. The Morgan fingerprint density at radius 3 is 1.96 bits per heavy atom. The number of benzene rings is 1. The van der Waals surface area contributed by atoms with Gasteiger partial charge in [0.05, 0.1) is 25.6 Å². The number of aromatic hydroxyl groups is 1. The number of carbonyl (C=O) groups excluding carboxylic acids is 11. The Labute approximate surface area is 392 Å². The number of amides is 11. The Kier molecular flexibility index (Phi) is 23.3. The summed E-state index contributed by atoms with van der Waals surface area (Å²) in [7, 11) is 1.17. The van der Waals surface area contributed by atoms with E-state index in [1.165, 1.54) is 31.3 Å². The zero-order valence-electron chi connectivity index (χ0n) is 38.8. The van der Waals surface area contributed by atoms with Crippen molar-refractivity contribution < 1.29 is 63.0 Å². The molecule has 18 N–H and O–H groups in total. The van der Waals surface area contributed by atoms with E-state index in [-0.39, 0.29) is 24.5 Å². The fourth-order valence-electron chi connectivity index (χ4n) is 6.77. The molecule has 1 aromatic rings. The largest absolute Gasteiger partial charge is 0.508 e. The molecule has 0 radical (unpaired) electrons. The van der Waals surface area contributed by atoms with E-state index >= 15 is 0 Å². The molecule has 378 valence electrons. The van der Waals surface area contributed by atoms with Gasteiger partial charge < -0.3 is 75.3 Å². The van der Waals surface area contributed by atoms with Crippen molar-refractivity contribution in [2.24, 2.45) is 34.8 Å². The summed E-state index contributed by atoms with van der Waals surface area (Å²) < 4.78 is 0.